The van der Waals surface area contributed by atoms with Gasteiger partial charge in [0.05, 0.1) is 5.92 Å². The lowest BCUT2D eigenvalue weighted by Crippen LogP contribution is -2.33. The van der Waals surface area contributed by atoms with Crippen molar-refractivity contribution >= 4 is 23.4 Å². The highest BCUT2D eigenvalue weighted by Gasteiger charge is 2.55. The van der Waals surface area contributed by atoms with Gasteiger partial charge in [0.2, 0.25) is 5.82 Å². The van der Waals surface area contributed by atoms with Gasteiger partial charge >= 0.3 is 5.97 Å². The second-order valence-electron chi connectivity index (χ2n) is 5.93. The van der Waals surface area contributed by atoms with E-state index in [9.17, 15) is 9.59 Å². The minimum Gasteiger partial charge on any atom is -0.463 e. The van der Waals surface area contributed by atoms with E-state index in [4.69, 9.17) is 29.4 Å². The van der Waals surface area contributed by atoms with E-state index in [2.05, 4.69) is 9.36 Å². The molecule has 0 saturated carbocycles. The Balaban J connectivity index is 1.75. The predicted octanol–water partition coefficient (Wildman–Crippen LogP) is -0.00990. The fourth-order valence-corrected chi connectivity index (χ4v) is 3.29. The third-order valence-corrected chi connectivity index (χ3v) is 4.58. The zero-order chi connectivity index (χ0) is 18.1. The van der Waals surface area contributed by atoms with Gasteiger partial charge in [0.15, 0.2) is 0 Å². The molecule has 2 aliphatic heterocycles. The van der Waals surface area contributed by atoms with Crippen LogP contribution < -0.4 is 5.73 Å². The van der Waals surface area contributed by atoms with Crippen LogP contribution >= 0.6 is 11.5 Å². The third-order valence-electron chi connectivity index (χ3n) is 3.81. The molecule has 1 aromatic rings. The molecule has 138 valence electrons. The Bertz CT molecular complexity index is 652. The molecule has 11 heteroatoms. The summed E-state index contributed by atoms with van der Waals surface area (Å²) in [6.07, 6.45) is -2.21. The number of aromatic nitrogens is 2. The van der Waals surface area contributed by atoms with E-state index >= 15 is 0 Å². The number of methoxy groups -OCH3 is 1. The van der Waals surface area contributed by atoms with E-state index in [0.717, 1.165) is 11.5 Å². The summed E-state index contributed by atoms with van der Waals surface area (Å²) >= 11 is 0.993. The van der Waals surface area contributed by atoms with Crippen LogP contribution in [0.5, 0.6) is 0 Å². The molecule has 2 fully saturated rings. The maximum Gasteiger partial charge on any atom is 0.308 e. The lowest BCUT2D eigenvalue weighted by atomic mass is 10.1. The van der Waals surface area contributed by atoms with Crippen molar-refractivity contribution in [3.63, 3.8) is 0 Å². The van der Waals surface area contributed by atoms with Gasteiger partial charge in [0, 0.05) is 7.11 Å². The first-order valence-electron chi connectivity index (χ1n) is 7.70. The summed E-state index contributed by atoms with van der Waals surface area (Å²) in [4.78, 5) is 27.0. The normalized spacial score (nSPS) is 31.3. The van der Waals surface area contributed by atoms with Gasteiger partial charge in [0.25, 0.3) is 12.4 Å². The van der Waals surface area contributed by atoms with Gasteiger partial charge < -0.3 is 29.4 Å². The van der Waals surface area contributed by atoms with Crippen LogP contribution in [0.3, 0.4) is 0 Å². The first-order chi connectivity index (χ1) is 11.9. The molecule has 2 N–H and O–H groups in total. The van der Waals surface area contributed by atoms with Crippen molar-refractivity contribution in [3.05, 3.63) is 10.8 Å². The topological polar surface area (TPSA) is 132 Å². The zero-order valence-electron chi connectivity index (χ0n) is 13.9. The van der Waals surface area contributed by atoms with Crippen molar-refractivity contribution < 1.29 is 33.3 Å². The molecule has 0 aromatic carbocycles. The number of fused-ring (bicyclic) bond motifs is 1. The van der Waals surface area contributed by atoms with Gasteiger partial charge in [-0.3, -0.25) is 9.59 Å². The molecule has 5 atom stereocenters. The molecule has 3 rings (SSSR count). The Hall–Kier alpha value is -1.66. The summed E-state index contributed by atoms with van der Waals surface area (Å²) < 4.78 is 31.4. The average molecular weight is 373 g/mol. The van der Waals surface area contributed by atoms with Gasteiger partial charge in [-0.15, -0.1) is 0 Å². The van der Waals surface area contributed by atoms with Crippen LogP contribution in [0.25, 0.3) is 0 Å². The van der Waals surface area contributed by atoms with Gasteiger partial charge in [-0.1, -0.05) is 13.8 Å². The van der Waals surface area contributed by atoms with Crippen molar-refractivity contribution in [1.82, 2.24) is 9.36 Å². The van der Waals surface area contributed by atoms with Gasteiger partial charge in [-0.05, 0) is 11.5 Å². The Morgan fingerprint density at radius 1 is 1.28 bits per heavy atom. The molecule has 0 radical (unpaired) electrons. The molecule has 2 saturated heterocycles. The maximum absolute atomic E-state index is 11.7. The minimum atomic E-state index is -0.853. The largest absolute Gasteiger partial charge is 0.463 e. The summed E-state index contributed by atoms with van der Waals surface area (Å²) in [5, 5.41) is 0.432. The van der Waals surface area contributed by atoms with Crippen molar-refractivity contribution in [2.75, 3.05) is 13.7 Å². The lowest BCUT2D eigenvalue weighted by Gasteiger charge is -2.18. The molecule has 0 aliphatic carbocycles. The first-order valence-corrected chi connectivity index (χ1v) is 8.47. The van der Waals surface area contributed by atoms with Crippen LogP contribution in [-0.2, 0) is 28.5 Å². The summed E-state index contributed by atoms with van der Waals surface area (Å²) in [7, 11) is 1.45. The van der Waals surface area contributed by atoms with E-state index in [1.807, 2.05) is 0 Å². The molecule has 2 aliphatic rings. The number of primary amides is 1. The number of nitrogens with two attached hydrogens (primary N) is 1. The number of hydrogen-bond donors (Lipinski definition) is 1. The fraction of sp³-hybridized carbons (Fsp3) is 0.714. The Kier molecular flexibility index (Phi) is 5.29. The van der Waals surface area contributed by atoms with Gasteiger partial charge in [-0.2, -0.15) is 4.37 Å². The highest BCUT2D eigenvalue weighted by atomic mass is 32.1. The van der Waals surface area contributed by atoms with Crippen LogP contribution in [0.2, 0.25) is 0 Å². The average Bonchev–Trinajstić information content (AvgIpc) is 3.27. The molecule has 1 aromatic heterocycles. The van der Waals surface area contributed by atoms with Gasteiger partial charge in [0.1, 0.15) is 36.0 Å². The van der Waals surface area contributed by atoms with Gasteiger partial charge in [-0.25, -0.2) is 4.98 Å². The Morgan fingerprint density at radius 3 is 2.60 bits per heavy atom. The van der Waals surface area contributed by atoms with Crippen LogP contribution in [0.4, 0.5) is 0 Å². The highest BCUT2D eigenvalue weighted by Crippen LogP contribution is 2.42. The lowest BCUT2D eigenvalue weighted by molar-refractivity contribution is -0.252. The second-order valence-corrected chi connectivity index (χ2v) is 6.71. The summed E-state index contributed by atoms with van der Waals surface area (Å²) in [6, 6.07) is 0. The van der Waals surface area contributed by atoms with E-state index < -0.39 is 36.8 Å². The summed E-state index contributed by atoms with van der Waals surface area (Å²) in [5.74, 6) is -1.39. The smallest absolute Gasteiger partial charge is 0.308 e. The van der Waals surface area contributed by atoms with E-state index in [-0.39, 0.29) is 24.3 Å². The molecular weight excluding hydrogens is 354 g/mol. The molecule has 0 bridgehead atoms. The van der Waals surface area contributed by atoms with Crippen LogP contribution in [0, 0.1) is 5.92 Å². The van der Waals surface area contributed by atoms with E-state index in [1.165, 1.54) is 7.11 Å². The highest BCUT2D eigenvalue weighted by molar-refractivity contribution is 7.05. The Morgan fingerprint density at radius 2 is 2.00 bits per heavy atom. The zero-order valence-corrected chi connectivity index (χ0v) is 14.7. The number of carbonyl (C=O) groups is 2. The monoisotopic (exact) mass is 373 g/mol. The summed E-state index contributed by atoms with van der Waals surface area (Å²) in [5.41, 5.74) is 5.18. The van der Waals surface area contributed by atoms with Crippen LogP contribution in [0.1, 0.15) is 35.6 Å². The van der Waals surface area contributed by atoms with Crippen LogP contribution in [-0.4, -0.2) is 59.7 Å². The molecule has 3 heterocycles. The quantitative estimate of drug-likeness (QED) is 0.684. The minimum absolute atomic E-state index is 0.00988. The van der Waals surface area contributed by atoms with E-state index in [1.54, 1.807) is 13.8 Å². The summed E-state index contributed by atoms with van der Waals surface area (Å²) in [6.45, 7) is 2.64. The van der Waals surface area contributed by atoms with Crippen molar-refractivity contribution in [1.29, 1.82) is 0 Å². The molecule has 1 unspecified atom stereocenters. The SMILES string of the molecule is COC1O[C@@H]2[C@H](O1)[C@@H](COC(=O)C(C)C)O[C@H]2c1nc(C(N)=O)ns1. The maximum atomic E-state index is 11.7. The number of hydrogen-bond acceptors (Lipinski definition) is 10. The van der Waals surface area contributed by atoms with E-state index in [0.29, 0.717) is 5.01 Å². The first kappa shape index (κ1) is 18.1. The predicted molar refractivity (Wildman–Crippen MR) is 82.4 cm³/mol. The second kappa shape index (κ2) is 7.30. The molecular formula is C14H19N3O7S. The Labute approximate surface area is 147 Å². The number of amides is 1. The third kappa shape index (κ3) is 3.65. The number of ether oxygens (including phenoxy) is 5. The molecule has 25 heavy (non-hydrogen) atoms. The van der Waals surface area contributed by atoms with Crippen molar-refractivity contribution in [2.24, 2.45) is 11.7 Å². The van der Waals surface area contributed by atoms with Crippen LogP contribution in [0.15, 0.2) is 0 Å². The molecule has 1 amide bonds. The number of esters is 1. The number of nitrogens with zero attached hydrogens (tertiary/aromatic N) is 2. The molecule has 0 spiro atoms. The number of carbonyl (C=O) groups excluding carboxylic acids is 2. The fourth-order valence-electron chi connectivity index (χ4n) is 2.56. The van der Waals surface area contributed by atoms with Crippen molar-refractivity contribution in [3.8, 4) is 0 Å². The standard InChI is InChI=1S/C14H19N3O7S/c1-5(2)13(19)21-4-6-7-8(24-14(20-3)23-7)9(22-6)12-16-11(10(15)18)17-25-12/h5-9,14H,4H2,1-3H3,(H2,15,18)/t6-,7-,8-,9-,14?/m1/s1. The van der Waals surface area contributed by atoms with Crippen molar-refractivity contribution in [2.45, 2.75) is 44.7 Å². The molecule has 10 nitrogen and oxygen atoms in total. The number of rotatable bonds is 6.